The van der Waals surface area contributed by atoms with Crippen LogP contribution in [0.1, 0.15) is 45.0 Å². The van der Waals surface area contributed by atoms with Gasteiger partial charge in [0, 0.05) is 5.41 Å². The summed E-state index contributed by atoms with van der Waals surface area (Å²) >= 11 is 1.69. The van der Waals surface area contributed by atoms with Gasteiger partial charge in [0.25, 0.3) is 0 Å². The summed E-state index contributed by atoms with van der Waals surface area (Å²) in [5.41, 5.74) is 2.87. The van der Waals surface area contributed by atoms with Crippen molar-refractivity contribution in [1.82, 2.24) is 4.98 Å². The van der Waals surface area contributed by atoms with Crippen LogP contribution in [0.3, 0.4) is 0 Å². The van der Waals surface area contributed by atoms with Gasteiger partial charge in [-0.2, -0.15) is 0 Å². The number of para-hydroxylation sites is 1. The molecule has 0 spiro atoms. The number of hydrogen-bond acceptors (Lipinski definition) is 4. The molecule has 2 saturated carbocycles. The molecule has 0 saturated heterocycles. The second-order valence-electron chi connectivity index (χ2n) is 7.38. The zero-order valence-electron chi connectivity index (χ0n) is 13.4. The Hall–Kier alpha value is -1.42. The molecule has 4 rings (SSSR count). The fourth-order valence-corrected chi connectivity index (χ4v) is 5.09. The quantitative estimate of drug-likeness (QED) is 0.746. The molecular formula is C18H22N2OS. The minimum absolute atomic E-state index is 0.214. The van der Waals surface area contributed by atoms with Crippen LogP contribution in [-0.2, 0) is 11.4 Å². The molecule has 116 valence electrons. The summed E-state index contributed by atoms with van der Waals surface area (Å²) in [6.45, 7) is 7.62. The van der Waals surface area contributed by atoms with Gasteiger partial charge in [0.05, 0.1) is 15.9 Å². The SMILES string of the molecule is CC1(C)[C@H]2CC[C@]1(C)/C(=N/OCc1nc3ccccc3s1)C2. The highest BCUT2D eigenvalue weighted by Crippen LogP contribution is 2.64. The van der Waals surface area contributed by atoms with E-state index in [0.717, 1.165) is 22.9 Å². The van der Waals surface area contributed by atoms with E-state index in [2.05, 4.69) is 37.0 Å². The van der Waals surface area contributed by atoms with Crippen molar-refractivity contribution in [3.05, 3.63) is 29.3 Å². The van der Waals surface area contributed by atoms with Crippen molar-refractivity contribution in [2.45, 2.75) is 46.6 Å². The zero-order valence-corrected chi connectivity index (χ0v) is 14.2. The van der Waals surface area contributed by atoms with Crippen LogP contribution in [0.2, 0.25) is 0 Å². The average molecular weight is 314 g/mol. The fraction of sp³-hybridized carbons (Fsp3) is 0.556. The van der Waals surface area contributed by atoms with Crippen molar-refractivity contribution < 1.29 is 4.84 Å². The van der Waals surface area contributed by atoms with Gasteiger partial charge >= 0.3 is 0 Å². The normalized spacial score (nSPS) is 31.2. The minimum atomic E-state index is 0.214. The third-order valence-corrected chi connectivity index (χ3v) is 7.22. The van der Waals surface area contributed by atoms with Crippen LogP contribution in [0.4, 0.5) is 0 Å². The second kappa shape index (κ2) is 4.79. The Balaban J connectivity index is 1.49. The van der Waals surface area contributed by atoms with Crippen molar-refractivity contribution in [1.29, 1.82) is 0 Å². The molecule has 0 unspecified atom stereocenters. The Morgan fingerprint density at radius 1 is 1.32 bits per heavy atom. The molecule has 3 nitrogen and oxygen atoms in total. The zero-order chi connectivity index (χ0) is 15.4. The molecule has 2 aliphatic carbocycles. The van der Waals surface area contributed by atoms with E-state index in [4.69, 9.17) is 4.84 Å². The van der Waals surface area contributed by atoms with E-state index in [1.165, 1.54) is 23.3 Å². The molecule has 2 fully saturated rings. The minimum Gasteiger partial charge on any atom is -0.388 e. The molecular weight excluding hydrogens is 292 g/mol. The van der Waals surface area contributed by atoms with Crippen LogP contribution in [-0.4, -0.2) is 10.7 Å². The van der Waals surface area contributed by atoms with E-state index in [0.29, 0.717) is 12.0 Å². The van der Waals surface area contributed by atoms with Gasteiger partial charge in [-0.1, -0.05) is 38.1 Å². The third-order valence-electron chi connectivity index (χ3n) is 6.21. The van der Waals surface area contributed by atoms with Crippen LogP contribution >= 0.6 is 11.3 Å². The Labute approximate surface area is 135 Å². The number of thiazole rings is 1. The summed E-state index contributed by atoms with van der Waals surface area (Å²) in [4.78, 5) is 10.3. The maximum atomic E-state index is 5.68. The lowest BCUT2D eigenvalue weighted by Crippen LogP contribution is -2.32. The third kappa shape index (κ3) is 1.93. The first-order valence-electron chi connectivity index (χ1n) is 8.04. The number of aromatic nitrogens is 1. The molecule has 22 heavy (non-hydrogen) atoms. The number of oxime groups is 1. The van der Waals surface area contributed by atoms with Crippen molar-refractivity contribution >= 4 is 27.3 Å². The Morgan fingerprint density at radius 2 is 2.14 bits per heavy atom. The van der Waals surface area contributed by atoms with E-state index < -0.39 is 0 Å². The summed E-state index contributed by atoms with van der Waals surface area (Å²) in [6, 6.07) is 8.21. The van der Waals surface area contributed by atoms with Gasteiger partial charge in [0.15, 0.2) is 6.61 Å². The Bertz CT molecular complexity index is 715. The molecule has 0 radical (unpaired) electrons. The van der Waals surface area contributed by atoms with Crippen LogP contribution in [0.25, 0.3) is 10.2 Å². The molecule has 0 aliphatic heterocycles. The van der Waals surface area contributed by atoms with Gasteiger partial charge in [-0.3, -0.25) is 0 Å². The van der Waals surface area contributed by atoms with Crippen molar-refractivity contribution in [2.75, 3.05) is 0 Å². The van der Waals surface area contributed by atoms with Gasteiger partial charge in [-0.15, -0.1) is 11.3 Å². The van der Waals surface area contributed by atoms with Crippen LogP contribution in [0.5, 0.6) is 0 Å². The van der Waals surface area contributed by atoms with Gasteiger partial charge in [0.1, 0.15) is 5.01 Å². The average Bonchev–Trinajstić information content (AvgIpc) is 3.05. The molecule has 1 aromatic carbocycles. The Kier molecular flexibility index (Phi) is 3.09. The van der Waals surface area contributed by atoms with Crippen LogP contribution < -0.4 is 0 Å². The van der Waals surface area contributed by atoms with Crippen molar-refractivity contribution in [2.24, 2.45) is 21.9 Å². The smallest absolute Gasteiger partial charge is 0.168 e. The Morgan fingerprint density at radius 3 is 2.82 bits per heavy atom. The predicted octanol–water partition coefficient (Wildman–Crippen LogP) is 5.02. The molecule has 0 amide bonds. The molecule has 2 bridgehead atoms. The van der Waals surface area contributed by atoms with Gasteiger partial charge in [-0.25, -0.2) is 4.98 Å². The van der Waals surface area contributed by atoms with E-state index in [-0.39, 0.29) is 5.41 Å². The number of benzene rings is 1. The van der Waals surface area contributed by atoms with E-state index in [1.807, 2.05) is 18.2 Å². The molecule has 0 N–H and O–H groups in total. The predicted molar refractivity (Wildman–Crippen MR) is 91.1 cm³/mol. The fourth-order valence-electron chi connectivity index (χ4n) is 4.21. The molecule has 1 aromatic heterocycles. The number of hydrogen-bond donors (Lipinski definition) is 0. The first-order chi connectivity index (χ1) is 10.5. The van der Waals surface area contributed by atoms with E-state index >= 15 is 0 Å². The molecule has 1 heterocycles. The number of nitrogens with zero attached hydrogens (tertiary/aromatic N) is 2. The lowest BCUT2D eigenvalue weighted by molar-refractivity contribution is 0.123. The van der Waals surface area contributed by atoms with Gasteiger partial charge in [-0.05, 0) is 42.7 Å². The second-order valence-corrected chi connectivity index (χ2v) is 8.50. The highest BCUT2D eigenvalue weighted by Gasteiger charge is 2.60. The lowest BCUT2D eigenvalue weighted by atomic mass is 9.70. The molecule has 2 aromatic rings. The largest absolute Gasteiger partial charge is 0.388 e. The van der Waals surface area contributed by atoms with Gasteiger partial charge in [0.2, 0.25) is 0 Å². The number of rotatable bonds is 3. The maximum Gasteiger partial charge on any atom is 0.168 e. The summed E-state index contributed by atoms with van der Waals surface area (Å²) in [5, 5.41) is 5.52. The lowest BCUT2D eigenvalue weighted by Gasteiger charge is -2.34. The first-order valence-corrected chi connectivity index (χ1v) is 8.86. The molecule has 2 aliphatic rings. The topological polar surface area (TPSA) is 34.5 Å². The molecule has 2 atom stereocenters. The summed E-state index contributed by atoms with van der Waals surface area (Å²) in [7, 11) is 0. The summed E-state index contributed by atoms with van der Waals surface area (Å²) < 4.78 is 1.21. The highest BCUT2D eigenvalue weighted by molar-refractivity contribution is 7.18. The van der Waals surface area contributed by atoms with Gasteiger partial charge < -0.3 is 4.84 Å². The van der Waals surface area contributed by atoms with E-state index in [9.17, 15) is 0 Å². The van der Waals surface area contributed by atoms with E-state index in [1.54, 1.807) is 11.3 Å². The number of fused-ring (bicyclic) bond motifs is 3. The standard InChI is InChI=1S/C18H22N2OS/c1-17(2)12-8-9-18(17,3)15(10-12)20-21-11-16-19-13-6-4-5-7-14(13)22-16/h4-7,12H,8-11H2,1-3H3/b20-15+/t12-,18+/m0/s1. The molecule has 4 heteroatoms. The van der Waals surface area contributed by atoms with Crippen LogP contribution in [0, 0.1) is 16.7 Å². The maximum absolute atomic E-state index is 5.68. The summed E-state index contributed by atoms with van der Waals surface area (Å²) in [6.07, 6.45) is 3.68. The monoisotopic (exact) mass is 314 g/mol. The van der Waals surface area contributed by atoms with Crippen molar-refractivity contribution in [3.63, 3.8) is 0 Å². The van der Waals surface area contributed by atoms with Crippen molar-refractivity contribution in [3.8, 4) is 0 Å². The van der Waals surface area contributed by atoms with Crippen LogP contribution in [0.15, 0.2) is 29.4 Å². The highest BCUT2D eigenvalue weighted by atomic mass is 32.1. The first kappa shape index (κ1) is 14.2. The summed E-state index contributed by atoms with van der Waals surface area (Å²) in [5.74, 6) is 0.766.